The minimum absolute atomic E-state index is 0.123. The Morgan fingerprint density at radius 3 is 2.84 bits per heavy atom. The molecule has 2 aromatic rings. The largest absolute Gasteiger partial charge is 0.497 e. The van der Waals surface area contributed by atoms with Gasteiger partial charge >= 0.3 is 5.97 Å². The first-order valence-electron chi connectivity index (χ1n) is 7.73. The zero-order chi connectivity index (χ0) is 18.2. The topological polar surface area (TPSA) is 116 Å². The summed E-state index contributed by atoms with van der Waals surface area (Å²) in [7, 11) is 1.54. The van der Waals surface area contributed by atoms with Crippen LogP contribution in [0.25, 0.3) is 0 Å². The molecule has 1 amide bonds. The molecular weight excluding hydrogens is 328 g/mol. The zero-order valence-electron chi connectivity index (χ0n) is 14.1. The zero-order valence-corrected chi connectivity index (χ0v) is 14.1. The second-order valence-corrected chi connectivity index (χ2v) is 5.19. The van der Waals surface area contributed by atoms with Crippen molar-refractivity contribution in [2.75, 3.05) is 13.7 Å². The number of benzene rings is 1. The summed E-state index contributed by atoms with van der Waals surface area (Å²) in [6.45, 7) is 2.30. The molecule has 2 rings (SSSR count). The molecule has 0 aliphatic rings. The Kier molecular flexibility index (Phi) is 6.33. The molecule has 0 aliphatic carbocycles. The third-order valence-corrected chi connectivity index (χ3v) is 3.21. The van der Waals surface area contributed by atoms with Gasteiger partial charge in [-0.1, -0.05) is 12.1 Å². The van der Waals surface area contributed by atoms with Gasteiger partial charge < -0.3 is 19.9 Å². The van der Waals surface area contributed by atoms with Gasteiger partial charge in [0.25, 0.3) is 5.91 Å². The predicted molar refractivity (Wildman–Crippen MR) is 87.6 cm³/mol. The highest BCUT2D eigenvalue weighted by Gasteiger charge is 2.14. The maximum Gasteiger partial charge on any atom is 0.325 e. The molecule has 0 atom stereocenters. The average Bonchev–Trinajstić information content (AvgIpc) is 3.04. The Morgan fingerprint density at radius 1 is 1.36 bits per heavy atom. The lowest BCUT2D eigenvalue weighted by Gasteiger charge is -2.12. The van der Waals surface area contributed by atoms with Crippen molar-refractivity contribution in [1.29, 1.82) is 0 Å². The molecular formula is C16H20N4O5. The first-order chi connectivity index (χ1) is 12.0. The number of carbonyl (C=O) groups excluding carboxylic acids is 1. The molecule has 1 heterocycles. The van der Waals surface area contributed by atoms with Crippen LogP contribution in [0.2, 0.25) is 0 Å². The molecule has 0 bridgehead atoms. The third kappa shape index (κ3) is 5.20. The molecule has 2 N–H and O–H groups in total. The molecule has 0 saturated carbocycles. The summed E-state index contributed by atoms with van der Waals surface area (Å²) >= 11 is 0. The number of ether oxygens (including phenoxy) is 2. The summed E-state index contributed by atoms with van der Waals surface area (Å²) in [5.74, 6) is -0.314. The molecule has 1 aromatic carbocycles. The van der Waals surface area contributed by atoms with Gasteiger partial charge in [0.05, 0.1) is 32.0 Å². The maximum atomic E-state index is 12.4. The average molecular weight is 348 g/mol. The number of nitrogens with zero attached hydrogens (tertiary/aromatic N) is 3. The van der Waals surface area contributed by atoms with Gasteiger partial charge in [0.2, 0.25) is 0 Å². The molecule has 25 heavy (non-hydrogen) atoms. The van der Waals surface area contributed by atoms with Crippen molar-refractivity contribution in [2.24, 2.45) is 0 Å². The smallest absolute Gasteiger partial charge is 0.325 e. The number of aliphatic carboxylic acids is 1. The lowest BCUT2D eigenvalue weighted by Crippen LogP contribution is -2.23. The van der Waals surface area contributed by atoms with Gasteiger partial charge in [-0.05, 0) is 18.6 Å². The van der Waals surface area contributed by atoms with Crippen LogP contribution in [-0.4, -0.2) is 45.7 Å². The SMILES string of the molecule is CCCOc1cc(OC)ccc1C(=O)NCc1cn(CC(=O)O)nn1. The lowest BCUT2D eigenvalue weighted by molar-refractivity contribution is -0.137. The highest BCUT2D eigenvalue weighted by molar-refractivity contribution is 5.97. The number of methoxy groups -OCH3 is 1. The molecule has 0 unspecified atom stereocenters. The van der Waals surface area contributed by atoms with Gasteiger partial charge in [0.1, 0.15) is 23.7 Å². The van der Waals surface area contributed by atoms with Gasteiger partial charge in [-0.15, -0.1) is 5.10 Å². The minimum atomic E-state index is -1.02. The molecule has 0 aliphatic heterocycles. The lowest BCUT2D eigenvalue weighted by atomic mass is 10.1. The van der Waals surface area contributed by atoms with Gasteiger partial charge in [0, 0.05) is 6.07 Å². The number of carbonyl (C=O) groups is 2. The van der Waals surface area contributed by atoms with E-state index in [-0.39, 0.29) is 19.0 Å². The van der Waals surface area contributed by atoms with E-state index in [0.29, 0.717) is 29.4 Å². The molecule has 9 nitrogen and oxygen atoms in total. The van der Waals surface area contributed by atoms with E-state index in [0.717, 1.165) is 6.42 Å². The number of amides is 1. The van der Waals surface area contributed by atoms with Crippen molar-refractivity contribution in [2.45, 2.75) is 26.4 Å². The Balaban J connectivity index is 2.04. The van der Waals surface area contributed by atoms with E-state index in [1.54, 1.807) is 25.3 Å². The van der Waals surface area contributed by atoms with Gasteiger partial charge in [0.15, 0.2) is 0 Å². The quantitative estimate of drug-likeness (QED) is 0.697. The monoisotopic (exact) mass is 348 g/mol. The van der Waals surface area contributed by atoms with Crippen LogP contribution in [0.15, 0.2) is 24.4 Å². The van der Waals surface area contributed by atoms with Crippen LogP contribution in [0.3, 0.4) is 0 Å². The minimum Gasteiger partial charge on any atom is -0.497 e. The molecule has 0 radical (unpaired) electrons. The molecule has 1 aromatic heterocycles. The third-order valence-electron chi connectivity index (χ3n) is 3.21. The van der Waals surface area contributed by atoms with Gasteiger partial charge in [-0.2, -0.15) is 0 Å². The molecule has 9 heteroatoms. The van der Waals surface area contributed by atoms with Crippen LogP contribution in [0, 0.1) is 0 Å². The van der Waals surface area contributed by atoms with Crippen LogP contribution in [0.4, 0.5) is 0 Å². The first kappa shape index (κ1) is 18.2. The molecule has 0 saturated heterocycles. The number of hydrogen-bond donors (Lipinski definition) is 2. The number of nitrogens with one attached hydrogen (secondary N) is 1. The van der Waals surface area contributed by atoms with Crippen LogP contribution in [0.5, 0.6) is 11.5 Å². The summed E-state index contributed by atoms with van der Waals surface area (Å²) in [5.41, 5.74) is 0.839. The second kappa shape index (κ2) is 8.67. The number of aromatic nitrogens is 3. The highest BCUT2D eigenvalue weighted by Crippen LogP contribution is 2.25. The van der Waals surface area contributed by atoms with Crippen molar-refractivity contribution in [3.05, 3.63) is 35.7 Å². The van der Waals surface area contributed by atoms with Crippen molar-refractivity contribution in [3.63, 3.8) is 0 Å². The van der Waals surface area contributed by atoms with E-state index in [1.807, 2.05) is 6.92 Å². The Morgan fingerprint density at radius 2 is 2.16 bits per heavy atom. The normalized spacial score (nSPS) is 10.3. The van der Waals surface area contributed by atoms with Crippen LogP contribution >= 0.6 is 0 Å². The standard InChI is InChI=1S/C16H20N4O5/c1-3-6-25-14-7-12(24-2)4-5-13(14)16(23)17-8-11-9-20(19-18-11)10-15(21)22/h4-5,7,9H,3,6,8,10H2,1-2H3,(H,17,23)(H,21,22). The van der Waals surface area contributed by atoms with Gasteiger partial charge in [-0.25, -0.2) is 4.68 Å². The molecule has 0 spiro atoms. The summed E-state index contributed by atoms with van der Waals surface area (Å²) in [5, 5.41) is 18.9. The highest BCUT2D eigenvalue weighted by atomic mass is 16.5. The second-order valence-electron chi connectivity index (χ2n) is 5.19. The van der Waals surface area contributed by atoms with Crippen LogP contribution < -0.4 is 14.8 Å². The van der Waals surface area contributed by atoms with E-state index >= 15 is 0 Å². The van der Waals surface area contributed by atoms with E-state index in [2.05, 4.69) is 15.6 Å². The predicted octanol–water partition coefficient (Wildman–Crippen LogP) is 1.09. The fraction of sp³-hybridized carbons (Fsp3) is 0.375. The van der Waals surface area contributed by atoms with Crippen LogP contribution in [0.1, 0.15) is 29.4 Å². The summed E-state index contributed by atoms with van der Waals surface area (Å²) < 4.78 is 12.0. The Labute approximate surface area is 144 Å². The number of carboxylic acid groups (broad SMARTS) is 1. The van der Waals surface area contributed by atoms with Crippen molar-refractivity contribution in [1.82, 2.24) is 20.3 Å². The van der Waals surface area contributed by atoms with E-state index < -0.39 is 5.97 Å². The van der Waals surface area contributed by atoms with Gasteiger partial charge in [-0.3, -0.25) is 9.59 Å². The van der Waals surface area contributed by atoms with Crippen molar-refractivity contribution >= 4 is 11.9 Å². The summed E-state index contributed by atoms with van der Waals surface area (Å²) in [6.07, 6.45) is 2.28. The first-order valence-corrected chi connectivity index (χ1v) is 7.73. The fourth-order valence-corrected chi connectivity index (χ4v) is 2.05. The van der Waals surface area contributed by atoms with E-state index in [1.165, 1.54) is 10.9 Å². The summed E-state index contributed by atoms with van der Waals surface area (Å²) in [6, 6.07) is 4.96. The van der Waals surface area contributed by atoms with Crippen molar-refractivity contribution < 1.29 is 24.2 Å². The molecule has 134 valence electrons. The van der Waals surface area contributed by atoms with E-state index in [9.17, 15) is 9.59 Å². The number of rotatable bonds is 9. The maximum absolute atomic E-state index is 12.4. The Hall–Kier alpha value is -3.10. The van der Waals surface area contributed by atoms with E-state index in [4.69, 9.17) is 14.6 Å². The van der Waals surface area contributed by atoms with Crippen LogP contribution in [-0.2, 0) is 17.9 Å². The fourth-order valence-electron chi connectivity index (χ4n) is 2.05. The number of carboxylic acids is 1. The molecule has 0 fully saturated rings. The van der Waals surface area contributed by atoms with Crippen molar-refractivity contribution in [3.8, 4) is 11.5 Å². The summed E-state index contributed by atoms with van der Waals surface area (Å²) in [4.78, 5) is 23.0. The Bertz CT molecular complexity index is 744. The number of hydrogen-bond acceptors (Lipinski definition) is 6.